The molecule has 0 aliphatic rings. The highest BCUT2D eigenvalue weighted by Gasteiger charge is 1.80. The summed E-state index contributed by atoms with van der Waals surface area (Å²) < 4.78 is 0. The Labute approximate surface area is 77.8 Å². The standard InChI is InChI=1S/C11H12N2/c12-8-5-3-1-2-4-6-11-7-9-13-10-11/h1-10,12-13H/b2-1+,5-3+,6-4+,12-8?. The second kappa shape index (κ2) is 5.77. The average Bonchev–Trinajstić information content (AvgIpc) is 2.63. The summed E-state index contributed by atoms with van der Waals surface area (Å²) in [6.07, 6.45) is 16.3. The van der Waals surface area contributed by atoms with Gasteiger partial charge in [-0.15, -0.1) is 0 Å². The van der Waals surface area contributed by atoms with Gasteiger partial charge in [0.1, 0.15) is 0 Å². The minimum Gasteiger partial charge on any atom is -0.367 e. The van der Waals surface area contributed by atoms with Crippen molar-refractivity contribution in [2.75, 3.05) is 0 Å². The predicted molar refractivity (Wildman–Crippen MR) is 56.9 cm³/mol. The van der Waals surface area contributed by atoms with Gasteiger partial charge >= 0.3 is 0 Å². The molecule has 0 spiro atoms. The van der Waals surface area contributed by atoms with Gasteiger partial charge in [-0.2, -0.15) is 0 Å². The lowest BCUT2D eigenvalue weighted by atomic mass is 10.3. The highest BCUT2D eigenvalue weighted by Crippen LogP contribution is 1.98. The van der Waals surface area contributed by atoms with Crippen LogP contribution < -0.4 is 0 Å². The predicted octanol–water partition coefficient (Wildman–Crippen LogP) is 2.79. The molecule has 0 fully saturated rings. The maximum atomic E-state index is 6.73. The van der Waals surface area contributed by atoms with Crippen molar-refractivity contribution in [1.82, 2.24) is 4.98 Å². The molecule has 1 aromatic rings. The molecule has 1 rings (SSSR count). The summed E-state index contributed by atoms with van der Waals surface area (Å²) in [7, 11) is 0. The summed E-state index contributed by atoms with van der Waals surface area (Å²) in [4.78, 5) is 2.97. The van der Waals surface area contributed by atoms with Crippen molar-refractivity contribution in [3.05, 3.63) is 54.4 Å². The Morgan fingerprint density at radius 2 is 1.85 bits per heavy atom. The number of allylic oxidation sites excluding steroid dienone is 5. The van der Waals surface area contributed by atoms with Crippen molar-refractivity contribution in [3.8, 4) is 0 Å². The molecule has 0 unspecified atom stereocenters. The summed E-state index contributed by atoms with van der Waals surface area (Å²) in [5.41, 5.74) is 1.15. The van der Waals surface area contributed by atoms with Crippen LogP contribution in [0.2, 0.25) is 0 Å². The SMILES string of the molecule is N=C/C=C/C=C/C=C/c1cc[nH]c1. The van der Waals surface area contributed by atoms with Crippen LogP contribution in [0.15, 0.2) is 48.8 Å². The molecular weight excluding hydrogens is 160 g/mol. The highest BCUT2D eigenvalue weighted by molar-refractivity contribution is 5.68. The van der Waals surface area contributed by atoms with E-state index in [0.717, 1.165) is 5.56 Å². The number of aromatic nitrogens is 1. The van der Waals surface area contributed by atoms with E-state index in [9.17, 15) is 0 Å². The Hall–Kier alpha value is -1.83. The molecule has 0 atom stereocenters. The average molecular weight is 172 g/mol. The molecule has 0 aliphatic carbocycles. The van der Waals surface area contributed by atoms with Crippen LogP contribution in [0.5, 0.6) is 0 Å². The first-order chi connectivity index (χ1) is 6.43. The molecular formula is C11H12N2. The van der Waals surface area contributed by atoms with Gasteiger partial charge in [0.05, 0.1) is 0 Å². The van der Waals surface area contributed by atoms with Gasteiger partial charge in [-0.1, -0.05) is 30.4 Å². The molecule has 2 N–H and O–H groups in total. The van der Waals surface area contributed by atoms with Crippen LogP contribution in [0.25, 0.3) is 6.08 Å². The van der Waals surface area contributed by atoms with Crippen LogP contribution in [0.3, 0.4) is 0 Å². The van der Waals surface area contributed by atoms with E-state index in [1.807, 2.05) is 48.8 Å². The van der Waals surface area contributed by atoms with Crippen molar-refractivity contribution >= 4 is 12.3 Å². The van der Waals surface area contributed by atoms with Gasteiger partial charge in [-0.05, 0) is 17.7 Å². The Kier molecular flexibility index (Phi) is 4.11. The maximum Gasteiger partial charge on any atom is 0.0177 e. The summed E-state index contributed by atoms with van der Waals surface area (Å²) >= 11 is 0. The van der Waals surface area contributed by atoms with Gasteiger partial charge in [0.15, 0.2) is 0 Å². The Morgan fingerprint density at radius 3 is 2.54 bits per heavy atom. The minimum absolute atomic E-state index is 1.15. The monoisotopic (exact) mass is 172 g/mol. The summed E-state index contributed by atoms with van der Waals surface area (Å²) in [5.74, 6) is 0. The summed E-state index contributed by atoms with van der Waals surface area (Å²) in [6, 6.07) is 2.00. The molecule has 0 aliphatic heterocycles. The van der Waals surface area contributed by atoms with E-state index in [0.29, 0.717) is 0 Å². The topological polar surface area (TPSA) is 39.6 Å². The second-order valence-corrected chi connectivity index (χ2v) is 2.44. The van der Waals surface area contributed by atoms with E-state index in [2.05, 4.69) is 4.98 Å². The zero-order valence-electron chi connectivity index (χ0n) is 7.27. The van der Waals surface area contributed by atoms with E-state index >= 15 is 0 Å². The van der Waals surface area contributed by atoms with Crippen molar-refractivity contribution in [3.63, 3.8) is 0 Å². The van der Waals surface area contributed by atoms with Crippen LogP contribution in [0.1, 0.15) is 5.56 Å². The van der Waals surface area contributed by atoms with E-state index < -0.39 is 0 Å². The van der Waals surface area contributed by atoms with Gasteiger partial charge in [0.25, 0.3) is 0 Å². The first-order valence-corrected chi connectivity index (χ1v) is 4.07. The molecule has 1 heterocycles. The van der Waals surface area contributed by atoms with Gasteiger partial charge in [0.2, 0.25) is 0 Å². The quantitative estimate of drug-likeness (QED) is 0.518. The van der Waals surface area contributed by atoms with Crippen LogP contribution >= 0.6 is 0 Å². The molecule has 2 nitrogen and oxygen atoms in total. The molecule has 0 bridgehead atoms. The molecule has 0 radical (unpaired) electrons. The van der Waals surface area contributed by atoms with Gasteiger partial charge in [-0.3, -0.25) is 0 Å². The molecule has 0 saturated carbocycles. The number of aromatic amines is 1. The molecule has 2 heteroatoms. The van der Waals surface area contributed by atoms with Gasteiger partial charge < -0.3 is 10.4 Å². The highest BCUT2D eigenvalue weighted by atomic mass is 14.6. The van der Waals surface area contributed by atoms with Crippen LogP contribution in [0, 0.1) is 5.41 Å². The van der Waals surface area contributed by atoms with E-state index in [1.54, 1.807) is 6.08 Å². The minimum atomic E-state index is 1.15. The lowest BCUT2D eigenvalue weighted by molar-refractivity contribution is 1.41. The number of hydrogen-bond donors (Lipinski definition) is 2. The lowest BCUT2D eigenvalue weighted by Crippen LogP contribution is -1.59. The van der Waals surface area contributed by atoms with Crippen LogP contribution in [-0.2, 0) is 0 Å². The third-order valence-electron chi connectivity index (χ3n) is 1.45. The van der Waals surface area contributed by atoms with Crippen LogP contribution in [-0.4, -0.2) is 11.2 Å². The van der Waals surface area contributed by atoms with Gasteiger partial charge in [-0.25, -0.2) is 0 Å². The summed E-state index contributed by atoms with van der Waals surface area (Å²) in [5, 5.41) is 6.73. The van der Waals surface area contributed by atoms with E-state index in [1.165, 1.54) is 6.21 Å². The smallest absolute Gasteiger partial charge is 0.0177 e. The number of H-pyrrole nitrogens is 1. The van der Waals surface area contributed by atoms with E-state index in [4.69, 9.17) is 5.41 Å². The zero-order valence-corrected chi connectivity index (χ0v) is 7.27. The first-order valence-electron chi connectivity index (χ1n) is 4.07. The maximum absolute atomic E-state index is 6.73. The normalized spacial score (nSPS) is 12.0. The molecule has 13 heavy (non-hydrogen) atoms. The van der Waals surface area contributed by atoms with Crippen molar-refractivity contribution < 1.29 is 0 Å². The fourth-order valence-corrected chi connectivity index (χ4v) is 0.855. The third kappa shape index (κ3) is 3.91. The molecule has 0 aromatic carbocycles. The Balaban J connectivity index is 2.38. The number of nitrogens with one attached hydrogen (secondary N) is 2. The van der Waals surface area contributed by atoms with Gasteiger partial charge in [0, 0.05) is 18.6 Å². The molecule has 66 valence electrons. The number of hydrogen-bond acceptors (Lipinski definition) is 1. The Bertz CT molecular complexity index is 316. The summed E-state index contributed by atoms with van der Waals surface area (Å²) in [6.45, 7) is 0. The number of rotatable bonds is 4. The lowest BCUT2D eigenvalue weighted by Gasteiger charge is -1.78. The van der Waals surface area contributed by atoms with Crippen molar-refractivity contribution in [2.24, 2.45) is 0 Å². The largest absolute Gasteiger partial charge is 0.367 e. The van der Waals surface area contributed by atoms with Crippen LogP contribution in [0.4, 0.5) is 0 Å². The first kappa shape index (κ1) is 9.26. The molecule has 0 saturated heterocycles. The van der Waals surface area contributed by atoms with Crippen molar-refractivity contribution in [1.29, 1.82) is 5.41 Å². The molecule has 0 amide bonds. The fourth-order valence-electron chi connectivity index (χ4n) is 0.855. The molecule has 1 aromatic heterocycles. The van der Waals surface area contributed by atoms with E-state index in [-0.39, 0.29) is 0 Å². The zero-order chi connectivity index (χ0) is 9.36. The van der Waals surface area contributed by atoms with Crippen molar-refractivity contribution in [2.45, 2.75) is 0 Å². The fraction of sp³-hybridized carbons (Fsp3) is 0. The Morgan fingerprint density at radius 1 is 1.08 bits per heavy atom. The second-order valence-electron chi connectivity index (χ2n) is 2.44. The third-order valence-corrected chi connectivity index (χ3v) is 1.45.